The molecule has 0 aromatic carbocycles. The molecule has 0 aliphatic carbocycles. The fourth-order valence-electron chi connectivity index (χ4n) is 1.08. The van der Waals surface area contributed by atoms with Gasteiger partial charge in [-0.3, -0.25) is 4.98 Å². The second-order valence-corrected chi connectivity index (χ2v) is 3.90. The molecule has 3 nitrogen and oxygen atoms in total. The largest absolute Gasteiger partial charge is 0.327 e. The van der Waals surface area contributed by atoms with E-state index >= 15 is 0 Å². The molecule has 0 unspecified atom stereocenters. The highest BCUT2D eigenvalue weighted by atomic mass is 15.0. The molecule has 2 N–H and O–H groups in total. The summed E-state index contributed by atoms with van der Waals surface area (Å²) in [7, 11) is 4.06. The van der Waals surface area contributed by atoms with Crippen molar-refractivity contribution in [2.24, 2.45) is 5.73 Å². The Morgan fingerprint density at radius 1 is 1.41 bits per heavy atom. The maximum atomic E-state index is 5.21. The van der Waals surface area contributed by atoms with Gasteiger partial charge in [-0.2, -0.15) is 0 Å². The van der Waals surface area contributed by atoms with Crippen molar-refractivity contribution in [3.05, 3.63) is 48.3 Å². The molecule has 0 atom stereocenters. The Kier molecular flexibility index (Phi) is 8.92. The van der Waals surface area contributed by atoms with E-state index in [-0.39, 0.29) is 0 Å². The molecule has 0 saturated heterocycles. The number of pyridine rings is 1. The van der Waals surface area contributed by atoms with Crippen LogP contribution in [0.25, 0.3) is 6.08 Å². The highest BCUT2D eigenvalue weighted by molar-refractivity contribution is 5.46. The first-order valence-electron chi connectivity index (χ1n) is 5.65. The van der Waals surface area contributed by atoms with Gasteiger partial charge in [-0.25, -0.2) is 0 Å². The molecular formula is C14H23N3. The van der Waals surface area contributed by atoms with E-state index in [1.54, 1.807) is 6.20 Å². The van der Waals surface area contributed by atoms with Crippen LogP contribution in [0.2, 0.25) is 0 Å². The molecule has 0 radical (unpaired) electrons. The van der Waals surface area contributed by atoms with Crippen LogP contribution in [0.15, 0.2) is 37.1 Å². The van der Waals surface area contributed by atoms with Crippen LogP contribution in [0.4, 0.5) is 0 Å². The van der Waals surface area contributed by atoms with Gasteiger partial charge in [0.05, 0.1) is 0 Å². The lowest BCUT2D eigenvalue weighted by Gasteiger charge is -2.02. The zero-order chi connectivity index (χ0) is 13.1. The zero-order valence-electron chi connectivity index (χ0n) is 11.1. The number of rotatable bonds is 4. The van der Waals surface area contributed by atoms with Gasteiger partial charge in [-0.15, -0.1) is 0 Å². The van der Waals surface area contributed by atoms with Crippen molar-refractivity contribution >= 4 is 6.08 Å². The molecule has 94 valence electrons. The molecule has 0 saturated carbocycles. The first-order chi connectivity index (χ1) is 8.10. The van der Waals surface area contributed by atoms with Gasteiger partial charge < -0.3 is 10.6 Å². The molecule has 0 aliphatic rings. The fraction of sp³-hybridized carbons (Fsp3) is 0.357. The zero-order valence-corrected chi connectivity index (χ0v) is 11.1. The van der Waals surface area contributed by atoms with E-state index in [0.717, 1.165) is 17.8 Å². The monoisotopic (exact) mass is 233 g/mol. The van der Waals surface area contributed by atoms with E-state index < -0.39 is 0 Å². The van der Waals surface area contributed by atoms with Gasteiger partial charge in [-0.1, -0.05) is 24.8 Å². The van der Waals surface area contributed by atoms with Crippen LogP contribution in [0.5, 0.6) is 0 Å². The molecule has 1 heterocycles. The number of nitrogens with zero attached hydrogens (tertiary/aromatic N) is 2. The second-order valence-electron chi connectivity index (χ2n) is 3.90. The summed E-state index contributed by atoms with van der Waals surface area (Å²) < 4.78 is 0. The number of hydrogen-bond donors (Lipinski definition) is 1. The fourth-order valence-corrected chi connectivity index (χ4v) is 1.08. The third-order valence-electron chi connectivity index (χ3n) is 1.93. The summed E-state index contributed by atoms with van der Waals surface area (Å²) in [6.07, 6.45) is 7.61. The molecule has 17 heavy (non-hydrogen) atoms. The quantitative estimate of drug-likeness (QED) is 0.810. The Bertz CT molecular complexity index is 343. The van der Waals surface area contributed by atoms with Gasteiger partial charge in [0, 0.05) is 25.0 Å². The van der Waals surface area contributed by atoms with Crippen molar-refractivity contribution in [1.82, 2.24) is 9.88 Å². The Balaban J connectivity index is 0.000000304. The van der Waals surface area contributed by atoms with Crippen molar-refractivity contribution in [3.63, 3.8) is 0 Å². The van der Waals surface area contributed by atoms with Gasteiger partial charge in [-0.05, 0) is 38.7 Å². The lowest BCUT2D eigenvalue weighted by atomic mass is 10.2. The van der Waals surface area contributed by atoms with Crippen molar-refractivity contribution in [3.8, 4) is 0 Å². The normalized spacial score (nSPS) is 10.2. The van der Waals surface area contributed by atoms with Gasteiger partial charge in [0.1, 0.15) is 0 Å². The molecule has 3 heteroatoms. The first kappa shape index (κ1) is 15.6. The summed E-state index contributed by atoms with van der Waals surface area (Å²) >= 11 is 0. The van der Waals surface area contributed by atoms with Gasteiger partial charge in [0.15, 0.2) is 0 Å². The van der Waals surface area contributed by atoms with Crippen molar-refractivity contribution in [1.29, 1.82) is 0 Å². The van der Waals surface area contributed by atoms with Crippen molar-refractivity contribution < 1.29 is 0 Å². The van der Waals surface area contributed by atoms with Gasteiger partial charge in [0.2, 0.25) is 0 Å². The van der Waals surface area contributed by atoms with Crippen LogP contribution < -0.4 is 5.73 Å². The first-order valence-corrected chi connectivity index (χ1v) is 5.65. The lowest BCUT2D eigenvalue weighted by molar-refractivity contribution is 0.456. The predicted molar refractivity (Wildman–Crippen MR) is 75.8 cm³/mol. The summed E-state index contributed by atoms with van der Waals surface area (Å²) in [5, 5.41) is 0. The summed E-state index contributed by atoms with van der Waals surface area (Å²) in [6.45, 7) is 7.24. The van der Waals surface area contributed by atoms with Gasteiger partial charge in [0.25, 0.3) is 0 Å². The maximum absolute atomic E-state index is 5.21. The molecule has 0 fully saturated rings. The Morgan fingerprint density at radius 3 is 2.53 bits per heavy atom. The number of hydrogen-bond acceptors (Lipinski definition) is 3. The Labute approximate surface area is 105 Å². The van der Waals surface area contributed by atoms with E-state index in [0.29, 0.717) is 6.54 Å². The number of likely N-dealkylation sites (N-methyl/N-ethyl adjacent to an activating group) is 1. The minimum Gasteiger partial charge on any atom is -0.327 e. The van der Waals surface area contributed by atoms with Crippen LogP contribution in [0.3, 0.4) is 0 Å². The van der Waals surface area contributed by atoms with Crippen LogP contribution in [0.1, 0.15) is 11.3 Å². The number of aromatic nitrogens is 1. The standard InChI is InChI=1S/C8H9N.C6H14N2/c1-3-8-4-5-9-7(2)6-8;1-8(2)6-4-3-5-7/h3-6H,1H2,2H3;3-4H,5-7H2,1-2H3/b;4-3-. The topological polar surface area (TPSA) is 42.2 Å². The summed E-state index contributed by atoms with van der Waals surface area (Å²) in [5.74, 6) is 0. The van der Waals surface area contributed by atoms with E-state index in [4.69, 9.17) is 5.73 Å². The molecule has 1 rings (SSSR count). The summed E-state index contributed by atoms with van der Waals surface area (Å²) in [6, 6.07) is 3.92. The molecule has 0 bridgehead atoms. The number of aryl methyl sites for hydroxylation is 1. The molecule has 1 aromatic rings. The minimum atomic E-state index is 0.647. The Morgan fingerprint density at radius 2 is 2.12 bits per heavy atom. The molecule has 1 aromatic heterocycles. The third-order valence-corrected chi connectivity index (χ3v) is 1.93. The van der Waals surface area contributed by atoms with E-state index in [1.165, 1.54) is 0 Å². The van der Waals surface area contributed by atoms with Gasteiger partial charge >= 0.3 is 0 Å². The second kappa shape index (κ2) is 9.75. The van der Waals surface area contributed by atoms with Crippen LogP contribution in [0, 0.1) is 6.92 Å². The van der Waals surface area contributed by atoms with E-state index in [9.17, 15) is 0 Å². The van der Waals surface area contributed by atoms with Crippen LogP contribution >= 0.6 is 0 Å². The predicted octanol–water partition coefficient (Wildman–Crippen LogP) is 2.10. The van der Waals surface area contributed by atoms with Crippen LogP contribution in [-0.2, 0) is 0 Å². The molecule has 0 spiro atoms. The van der Waals surface area contributed by atoms with E-state index in [2.05, 4.69) is 22.5 Å². The van der Waals surface area contributed by atoms with Crippen LogP contribution in [-0.4, -0.2) is 37.1 Å². The minimum absolute atomic E-state index is 0.647. The lowest BCUT2D eigenvalue weighted by Crippen LogP contribution is -2.10. The van der Waals surface area contributed by atoms with E-state index in [1.807, 2.05) is 45.3 Å². The average molecular weight is 233 g/mol. The SMILES string of the molecule is C=Cc1ccnc(C)c1.CN(C)C/C=C\CN. The summed E-state index contributed by atoms with van der Waals surface area (Å²) in [4.78, 5) is 6.13. The van der Waals surface area contributed by atoms with Crippen molar-refractivity contribution in [2.45, 2.75) is 6.92 Å². The average Bonchev–Trinajstić information content (AvgIpc) is 2.30. The van der Waals surface area contributed by atoms with Crippen molar-refractivity contribution in [2.75, 3.05) is 27.2 Å². The summed E-state index contributed by atoms with van der Waals surface area (Å²) in [5.41, 5.74) is 7.37. The molecule has 0 amide bonds. The molecular weight excluding hydrogens is 210 g/mol. The number of nitrogens with two attached hydrogens (primary N) is 1. The Hall–Kier alpha value is -1.45. The third kappa shape index (κ3) is 9.48. The smallest absolute Gasteiger partial charge is 0.0378 e. The molecule has 0 aliphatic heterocycles. The highest BCUT2D eigenvalue weighted by Gasteiger charge is 1.84. The maximum Gasteiger partial charge on any atom is 0.0378 e. The highest BCUT2D eigenvalue weighted by Crippen LogP contribution is 2.00.